The second-order valence-corrected chi connectivity index (χ2v) is 21.0. The third-order valence-corrected chi connectivity index (χ3v) is 14.2. The number of rotatable bonds is 57. The van der Waals surface area contributed by atoms with E-state index >= 15 is 0 Å². The maximum absolute atomic E-state index is 12.4. The van der Waals surface area contributed by atoms with E-state index in [0.717, 1.165) is 44.9 Å². The maximum atomic E-state index is 12.4. The number of nitrogens with one attached hydrogen (secondary N) is 1. The third-order valence-electron chi connectivity index (χ3n) is 14.2. The predicted molar refractivity (Wildman–Crippen MR) is 296 cm³/mol. The monoisotopic (exact) mass is 958 g/mol. The highest BCUT2D eigenvalue weighted by molar-refractivity contribution is 5.76. The van der Waals surface area contributed by atoms with Gasteiger partial charge in [0, 0.05) is 12.8 Å². The third kappa shape index (κ3) is 53.7. The van der Waals surface area contributed by atoms with Gasteiger partial charge >= 0.3 is 5.97 Å². The molecule has 0 radical (unpaired) electrons. The van der Waals surface area contributed by atoms with Crippen molar-refractivity contribution in [1.29, 1.82) is 0 Å². The Morgan fingerprint density at radius 1 is 0.397 bits per heavy atom. The molecule has 0 saturated carbocycles. The number of hydrogen-bond acceptors (Lipinski definition) is 5. The van der Waals surface area contributed by atoms with E-state index in [1.165, 1.54) is 263 Å². The molecule has 0 aliphatic carbocycles. The van der Waals surface area contributed by atoms with Crippen molar-refractivity contribution < 1.29 is 24.5 Å². The van der Waals surface area contributed by atoms with Gasteiger partial charge in [-0.25, -0.2) is 0 Å². The molecule has 6 nitrogen and oxygen atoms in total. The van der Waals surface area contributed by atoms with Crippen LogP contribution in [-0.4, -0.2) is 47.4 Å². The average Bonchev–Trinajstić information content (AvgIpc) is 3.34. The first kappa shape index (κ1) is 66.3. The van der Waals surface area contributed by atoms with Crippen molar-refractivity contribution in [3.05, 3.63) is 24.3 Å². The molecule has 0 heterocycles. The Bertz CT molecular complexity index is 1060. The average molecular weight is 959 g/mol. The van der Waals surface area contributed by atoms with Crippen LogP contribution in [0.3, 0.4) is 0 Å². The van der Waals surface area contributed by atoms with Crippen LogP contribution in [0.5, 0.6) is 0 Å². The Hall–Kier alpha value is -1.66. The van der Waals surface area contributed by atoms with Gasteiger partial charge in [-0.15, -0.1) is 0 Å². The molecule has 0 fully saturated rings. The molecule has 0 bridgehead atoms. The highest BCUT2D eigenvalue weighted by atomic mass is 16.5. The summed E-state index contributed by atoms with van der Waals surface area (Å²) in [6.45, 7) is 4.90. The maximum Gasteiger partial charge on any atom is 0.305 e. The van der Waals surface area contributed by atoms with Crippen LogP contribution >= 0.6 is 0 Å². The Balaban J connectivity index is 3.39. The molecular formula is C62H119NO5. The van der Waals surface area contributed by atoms with Crippen LogP contribution < -0.4 is 5.32 Å². The topological polar surface area (TPSA) is 95.9 Å². The number of aliphatic hydroxyl groups is 2. The van der Waals surface area contributed by atoms with Crippen LogP contribution in [-0.2, 0) is 14.3 Å². The summed E-state index contributed by atoms with van der Waals surface area (Å²) in [4.78, 5) is 24.5. The van der Waals surface area contributed by atoms with Crippen molar-refractivity contribution >= 4 is 11.9 Å². The summed E-state index contributed by atoms with van der Waals surface area (Å²) < 4.78 is 5.50. The van der Waals surface area contributed by atoms with Crippen molar-refractivity contribution in [1.82, 2.24) is 5.32 Å². The minimum Gasteiger partial charge on any atom is -0.466 e. The van der Waals surface area contributed by atoms with Crippen molar-refractivity contribution in [2.75, 3.05) is 13.2 Å². The van der Waals surface area contributed by atoms with Crippen molar-refractivity contribution in [3.8, 4) is 0 Å². The van der Waals surface area contributed by atoms with Gasteiger partial charge in [0.15, 0.2) is 0 Å². The number of amides is 1. The first-order valence-corrected chi connectivity index (χ1v) is 30.6. The molecule has 0 aromatic rings. The van der Waals surface area contributed by atoms with Gasteiger partial charge in [0.1, 0.15) is 0 Å². The van der Waals surface area contributed by atoms with Crippen LogP contribution in [0.2, 0.25) is 0 Å². The summed E-state index contributed by atoms with van der Waals surface area (Å²) in [6.07, 6.45) is 70.7. The molecule has 0 saturated heterocycles. The fourth-order valence-corrected chi connectivity index (χ4v) is 9.51. The van der Waals surface area contributed by atoms with Crippen molar-refractivity contribution in [2.45, 2.75) is 347 Å². The number of allylic oxidation sites excluding steroid dienone is 3. The molecule has 3 N–H and O–H groups in total. The zero-order valence-corrected chi connectivity index (χ0v) is 45.9. The molecule has 0 aliphatic heterocycles. The Morgan fingerprint density at radius 2 is 0.691 bits per heavy atom. The molecule has 6 heteroatoms. The molecule has 1 amide bonds. The Morgan fingerprint density at radius 3 is 1.04 bits per heavy atom. The van der Waals surface area contributed by atoms with Gasteiger partial charge < -0.3 is 20.3 Å². The molecule has 68 heavy (non-hydrogen) atoms. The lowest BCUT2D eigenvalue weighted by Gasteiger charge is -2.20. The molecule has 0 aliphatic rings. The fourth-order valence-electron chi connectivity index (χ4n) is 9.51. The van der Waals surface area contributed by atoms with Crippen molar-refractivity contribution in [2.24, 2.45) is 0 Å². The first-order valence-electron chi connectivity index (χ1n) is 30.6. The predicted octanol–water partition coefficient (Wildman–Crippen LogP) is 19.0. The summed E-state index contributed by atoms with van der Waals surface area (Å²) in [5.74, 6) is -0.0619. The van der Waals surface area contributed by atoms with Gasteiger partial charge in [0.05, 0.1) is 25.4 Å². The van der Waals surface area contributed by atoms with Crippen LogP contribution in [0.25, 0.3) is 0 Å². The molecule has 0 aromatic carbocycles. The summed E-state index contributed by atoms with van der Waals surface area (Å²) >= 11 is 0. The normalized spacial score (nSPS) is 12.7. The second-order valence-electron chi connectivity index (χ2n) is 21.0. The minimum absolute atomic E-state index is 0.00815. The largest absolute Gasteiger partial charge is 0.466 e. The quantitative estimate of drug-likeness (QED) is 0.0321. The SMILES string of the molecule is CCCCCCCC/C=C\CCCCCCCCCCCC(=O)OCCCCCCCCCCCCCCCCCCCCCC(=O)NC(CO)C(O)/C=C/CCCCCCCCCCCCC. The fraction of sp³-hybridized carbons (Fsp3) is 0.903. The zero-order chi connectivity index (χ0) is 49.3. The number of carbonyl (C=O) groups is 2. The second kappa shape index (κ2) is 57.9. The minimum atomic E-state index is -0.845. The molecular weight excluding hydrogens is 839 g/mol. The molecule has 0 rings (SSSR count). The van der Waals surface area contributed by atoms with E-state index in [4.69, 9.17) is 4.74 Å². The summed E-state index contributed by atoms with van der Waals surface area (Å²) in [6, 6.07) is -0.629. The molecule has 0 spiro atoms. The highest BCUT2D eigenvalue weighted by Gasteiger charge is 2.18. The van der Waals surface area contributed by atoms with E-state index in [1.807, 2.05) is 6.08 Å². The zero-order valence-electron chi connectivity index (χ0n) is 45.9. The molecule has 0 aromatic heterocycles. The Kier molecular flexibility index (Phi) is 56.5. The van der Waals surface area contributed by atoms with E-state index in [9.17, 15) is 19.8 Å². The van der Waals surface area contributed by atoms with Gasteiger partial charge in [-0.05, 0) is 57.8 Å². The van der Waals surface area contributed by atoms with Gasteiger partial charge in [0.25, 0.3) is 0 Å². The van der Waals surface area contributed by atoms with E-state index in [0.29, 0.717) is 19.4 Å². The highest BCUT2D eigenvalue weighted by Crippen LogP contribution is 2.17. The Labute approximate surface area is 424 Å². The number of unbranched alkanes of at least 4 members (excludes halogenated alkanes) is 44. The van der Waals surface area contributed by atoms with Gasteiger partial charge in [-0.1, -0.05) is 289 Å². The molecule has 402 valence electrons. The summed E-state index contributed by atoms with van der Waals surface area (Å²) in [7, 11) is 0. The summed E-state index contributed by atoms with van der Waals surface area (Å²) in [5, 5.41) is 23.1. The van der Waals surface area contributed by atoms with Crippen molar-refractivity contribution in [3.63, 3.8) is 0 Å². The lowest BCUT2D eigenvalue weighted by Crippen LogP contribution is -2.45. The first-order chi connectivity index (χ1) is 33.5. The summed E-state index contributed by atoms with van der Waals surface area (Å²) in [5.41, 5.74) is 0. The van der Waals surface area contributed by atoms with Gasteiger partial charge in [-0.3, -0.25) is 9.59 Å². The van der Waals surface area contributed by atoms with Crippen LogP contribution in [0.15, 0.2) is 24.3 Å². The number of ether oxygens (including phenoxy) is 1. The smallest absolute Gasteiger partial charge is 0.305 e. The van der Waals surface area contributed by atoms with Gasteiger partial charge in [0.2, 0.25) is 5.91 Å². The van der Waals surface area contributed by atoms with E-state index < -0.39 is 12.1 Å². The van der Waals surface area contributed by atoms with Crippen LogP contribution in [0.4, 0.5) is 0 Å². The number of esters is 1. The van der Waals surface area contributed by atoms with Crippen LogP contribution in [0.1, 0.15) is 335 Å². The van der Waals surface area contributed by atoms with Crippen LogP contribution in [0, 0.1) is 0 Å². The van der Waals surface area contributed by atoms with E-state index in [1.54, 1.807) is 6.08 Å². The molecule has 2 unspecified atom stereocenters. The molecule has 2 atom stereocenters. The van der Waals surface area contributed by atoms with E-state index in [2.05, 4.69) is 31.3 Å². The lowest BCUT2D eigenvalue weighted by atomic mass is 10.0. The standard InChI is InChI=1S/C62H119NO5/c1-3-5-7-9-11-13-15-17-18-19-21-25-28-32-36-40-44-48-52-56-62(67)68-57-53-49-45-41-37-33-29-26-23-20-22-24-27-31-35-39-43-47-51-55-61(66)63-59(58-64)60(65)54-50-46-42-38-34-30-16-14-12-10-8-6-4-2/h17-18,50,54,59-60,64-65H,3-16,19-49,51-53,55-58H2,1-2H3,(H,63,66)/b18-17-,54-50+. The van der Waals surface area contributed by atoms with Gasteiger partial charge in [-0.2, -0.15) is 0 Å². The van der Waals surface area contributed by atoms with E-state index in [-0.39, 0.29) is 18.5 Å². The number of carbonyl (C=O) groups excluding carboxylic acids is 2. The lowest BCUT2D eigenvalue weighted by molar-refractivity contribution is -0.143. The number of hydrogen-bond donors (Lipinski definition) is 3. The number of aliphatic hydroxyl groups excluding tert-OH is 2.